The normalized spacial score (nSPS) is 29.6. The number of allylic oxidation sites excluding steroid dienone is 2. The fourth-order valence-corrected chi connectivity index (χ4v) is 2.91. The number of hydrogen-bond donors (Lipinski definition) is 2. The molecule has 0 aromatic heterocycles. The minimum atomic E-state index is -1.00. The molecule has 1 fully saturated rings. The molecule has 0 aromatic rings. The first-order valence-electron chi connectivity index (χ1n) is 6.89. The van der Waals surface area contributed by atoms with Crippen LogP contribution in [-0.4, -0.2) is 22.5 Å². The van der Waals surface area contributed by atoms with Crippen LogP contribution in [0, 0.1) is 23.2 Å². The Morgan fingerprint density at radius 2 is 1.79 bits per heavy atom. The van der Waals surface area contributed by atoms with Gasteiger partial charge in [0.1, 0.15) is 0 Å². The molecule has 2 rings (SSSR count). The molecule has 0 heterocycles. The highest BCUT2D eigenvalue weighted by atomic mass is 16.4. The van der Waals surface area contributed by atoms with Gasteiger partial charge in [0.2, 0.25) is 5.91 Å². The van der Waals surface area contributed by atoms with Gasteiger partial charge in [-0.25, -0.2) is 0 Å². The highest BCUT2D eigenvalue weighted by Gasteiger charge is 2.47. The molecule has 2 aliphatic carbocycles. The topological polar surface area (TPSA) is 66.4 Å². The van der Waals surface area contributed by atoms with Gasteiger partial charge in [-0.1, -0.05) is 12.2 Å². The van der Waals surface area contributed by atoms with Crippen LogP contribution < -0.4 is 5.32 Å². The van der Waals surface area contributed by atoms with E-state index in [1.165, 1.54) is 0 Å². The molecular formula is C15H23NO3. The molecule has 4 heteroatoms. The summed E-state index contributed by atoms with van der Waals surface area (Å²) in [5.74, 6) is -0.00855. The number of carbonyl (C=O) groups is 2. The molecule has 2 N–H and O–H groups in total. The molecule has 0 radical (unpaired) electrons. The first-order valence-corrected chi connectivity index (χ1v) is 6.89. The van der Waals surface area contributed by atoms with E-state index in [1.54, 1.807) is 27.7 Å². The van der Waals surface area contributed by atoms with Crippen LogP contribution in [0.25, 0.3) is 0 Å². The Kier molecular flexibility index (Phi) is 3.23. The highest BCUT2D eigenvalue weighted by Crippen LogP contribution is 2.44. The maximum atomic E-state index is 12.4. The monoisotopic (exact) mass is 265 g/mol. The molecule has 1 amide bonds. The Balaban J connectivity index is 2.06. The smallest absolute Gasteiger partial charge is 0.311 e. The molecule has 19 heavy (non-hydrogen) atoms. The number of fused-ring (bicyclic) bond motifs is 2. The van der Waals surface area contributed by atoms with Crippen LogP contribution in [0.1, 0.15) is 40.5 Å². The van der Waals surface area contributed by atoms with E-state index in [-0.39, 0.29) is 11.8 Å². The second-order valence-electron chi connectivity index (χ2n) is 6.93. The first-order chi connectivity index (χ1) is 8.65. The highest BCUT2D eigenvalue weighted by molar-refractivity contribution is 5.83. The van der Waals surface area contributed by atoms with Crippen molar-refractivity contribution in [2.45, 2.75) is 46.1 Å². The number of hydrogen-bond acceptors (Lipinski definition) is 2. The minimum absolute atomic E-state index is 0.00354. The van der Waals surface area contributed by atoms with Crippen molar-refractivity contribution in [1.82, 2.24) is 5.32 Å². The summed E-state index contributed by atoms with van der Waals surface area (Å²) in [4.78, 5) is 23.7. The molecule has 0 aromatic carbocycles. The van der Waals surface area contributed by atoms with Gasteiger partial charge in [-0.3, -0.25) is 9.59 Å². The third-order valence-electron chi connectivity index (χ3n) is 5.15. The largest absolute Gasteiger partial charge is 0.481 e. The summed E-state index contributed by atoms with van der Waals surface area (Å²) < 4.78 is 0. The van der Waals surface area contributed by atoms with E-state index in [0.717, 1.165) is 12.8 Å². The van der Waals surface area contributed by atoms with Crippen LogP contribution in [0.2, 0.25) is 0 Å². The Labute approximate surface area is 114 Å². The fourth-order valence-electron chi connectivity index (χ4n) is 2.91. The van der Waals surface area contributed by atoms with E-state index in [0.29, 0.717) is 11.8 Å². The van der Waals surface area contributed by atoms with E-state index in [4.69, 9.17) is 0 Å². The zero-order chi connectivity index (χ0) is 14.4. The van der Waals surface area contributed by atoms with Crippen molar-refractivity contribution in [3.05, 3.63) is 12.2 Å². The van der Waals surface area contributed by atoms with Gasteiger partial charge in [0, 0.05) is 11.5 Å². The lowest BCUT2D eigenvalue weighted by molar-refractivity contribution is -0.152. The van der Waals surface area contributed by atoms with Crippen LogP contribution in [0.15, 0.2) is 12.2 Å². The second kappa shape index (κ2) is 4.36. The lowest BCUT2D eigenvalue weighted by atomic mass is 9.74. The van der Waals surface area contributed by atoms with Gasteiger partial charge >= 0.3 is 5.97 Å². The predicted molar refractivity (Wildman–Crippen MR) is 72.5 cm³/mol. The third-order valence-corrected chi connectivity index (χ3v) is 5.15. The average Bonchev–Trinajstić information content (AvgIpc) is 2.89. The van der Waals surface area contributed by atoms with E-state index in [2.05, 4.69) is 17.5 Å². The maximum absolute atomic E-state index is 12.4. The summed E-state index contributed by atoms with van der Waals surface area (Å²) in [5, 5.41) is 12.2. The van der Waals surface area contributed by atoms with Crippen LogP contribution in [0.5, 0.6) is 0 Å². The molecule has 1 saturated carbocycles. The van der Waals surface area contributed by atoms with Gasteiger partial charge in [-0.2, -0.15) is 0 Å². The maximum Gasteiger partial charge on any atom is 0.311 e. The zero-order valence-electron chi connectivity index (χ0n) is 12.1. The van der Waals surface area contributed by atoms with Crippen LogP contribution in [0.3, 0.4) is 0 Å². The number of carboxylic acid groups (broad SMARTS) is 1. The summed E-state index contributed by atoms with van der Waals surface area (Å²) in [6, 6.07) is 0. The Morgan fingerprint density at radius 1 is 1.16 bits per heavy atom. The van der Waals surface area contributed by atoms with E-state index in [9.17, 15) is 14.7 Å². The third kappa shape index (κ3) is 2.28. The van der Waals surface area contributed by atoms with Crippen molar-refractivity contribution < 1.29 is 14.7 Å². The second-order valence-corrected chi connectivity index (χ2v) is 6.93. The van der Waals surface area contributed by atoms with Gasteiger partial charge in [-0.15, -0.1) is 0 Å². The molecular weight excluding hydrogens is 242 g/mol. The predicted octanol–water partition coefficient (Wildman–Crippen LogP) is 2.20. The molecule has 3 unspecified atom stereocenters. The van der Waals surface area contributed by atoms with Crippen molar-refractivity contribution in [2.24, 2.45) is 23.2 Å². The van der Waals surface area contributed by atoms with Crippen LogP contribution >= 0.6 is 0 Å². The summed E-state index contributed by atoms with van der Waals surface area (Å²) in [7, 11) is 0. The average molecular weight is 265 g/mol. The minimum Gasteiger partial charge on any atom is -0.481 e. The summed E-state index contributed by atoms with van der Waals surface area (Å²) in [5.41, 5.74) is -1.78. The van der Waals surface area contributed by atoms with Gasteiger partial charge in [-0.05, 0) is 52.4 Å². The molecule has 0 aliphatic heterocycles. The fraction of sp³-hybridized carbons (Fsp3) is 0.733. The Bertz CT molecular complexity index is 437. The molecule has 3 atom stereocenters. The van der Waals surface area contributed by atoms with Gasteiger partial charge in [0.05, 0.1) is 5.41 Å². The standard InChI is InChI=1S/C15H23NO3/c1-14(2,13(18)19)15(3,4)16-12(17)11-8-9-5-6-10(11)7-9/h5-6,9-11H,7-8H2,1-4H3,(H,16,17)(H,18,19). The lowest BCUT2D eigenvalue weighted by Crippen LogP contribution is -2.58. The molecule has 0 spiro atoms. The number of nitrogens with one attached hydrogen (secondary N) is 1. The molecule has 106 valence electrons. The first kappa shape index (κ1) is 14.1. The number of carbonyl (C=O) groups excluding carboxylic acids is 1. The van der Waals surface area contributed by atoms with E-state index in [1.807, 2.05) is 0 Å². The lowest BCUT2D eigenvalue weighted by Gasteiger charge is -2.39. The Hall–Kier alpha value is -1.32. The zero-order valence-corrected chi connectivity index (χ0v) is 12.1. The number of rotatable bonds is 4. The Morgan fingerprint density at radius 3 is 2.21 bits per heavy atom. The van der Waals surface area contributed by atoms with Gasteiger partial charge in [0.15, 0.2) is 0 Å². The molecule has 4 nitrogen and oxygen atoms in total. The van der Waals surface area contributed by atoms with E-state index < -0.39 is 16.9 Å². The number of aliphatic carboxylic acids is 1. The van der Waals surface area contributed by atoms with Crippen LogP contribution in [-0.2, 0) is 9.59 Å². The van der Waals surface area contributed by atoms with Crippen molar-refractivity contribution in [1.29, 1.82) is 0 Å². The SMILES string of the molecule is CC(C)(NC(=O)C1CC2C=CC1C2)C(C)(C)C(=O)O. The number of amides is 1. The molecule has 0 saturated heterocycles. The van der Waals surface area contributed by atoms with Crippen molar-refractivity contribution >= 4 is 11.9 Å². The van der Waals surface area contributed by atoms with Gasteiger partial charge in [0.25, 0.3) is 0 Å². The summed E-state index contributed by atoms with van der Waals surface area (Å²) in [6.07, 6.45) is 6.30. The van der Waals surface area contributed by atoms with Gasteiger partial charge < -0.3 is 10.4 Å². The quantitative estimate of drug-likeness (QED) is 0.766. The van der Waals surface area contributed by atoms with Crippen molar-refractivity contribution in [3.8, 4) is 0 Å². The molecule has 2 aliphatic rings. The number of carboxylic acids is 1. The summed E-state index contributed by atoms with van der Waals surface area (Å²) >= 11 is 0. The van der Waals surface area contributed by atoms with E-state index >= 15 is 0 Å². The van der Waals surface area contributed by atoms with Crippen molar-refractivity contribution in [2.75, 3.05) is 0 Å². The summed E-state index contributed by atoms with van der Waals surface area (Å²) in [6.45, 7) is 6.86. The van der Waals surface area contributed by atoms with Crippen molar-refractivity contribution in [3.63, 3.8) is 0 Å². The molecule has 2 bridgehead atoms. The van der Waals surface area contributed by atoms with Crippen LogP contribution in [0.4, 0.5) is 0 Å².